The first-order chi connectivity index (χ1) is 16.2. The van der Waals surface area contributed by atoms with Gasteiger partial charge in [-0.1, -0.05) is 6.07 Å². The Bertz CT molecular complexity index is 1360. The normalized spacial score (nSPS) is 11.3. The maximum atomic E-state index is 12.9. The highest BCUT2D eigenvalue weighted by Gasteiger charge is 2.30. The minimum atomic E-state index is -4.52. The highest BCUT2D eigenvalue weighted by atomic mass is 19.4. The molecule has 174 valence electrons. The van der Waals surface area contributed by atoms with Crippen LogP contribution in [0, 0.1) is 0 Å². The summed E-state index contributed by atoms with van der Waals surface area (Å²) in [6, 6.07) is 16.7. The molecule has 7 nitrogen and oxygen atoms in total. The van der Waals surface area contributed by atoms with E-state index in [1.54, 1.807) is 30.3 Å². The van der Waals surface area contributed by atoms with Crippen molar-refractivity contribution >= 4 is 39.8 Å². The van der Waals surface area contributed by atoms with E-state index in [1.165, 1.54) is 19.2 Å². The van der Waals surface area contributed by atoms with Gasteiger partial charge in [0.05, 0.1) is 11.1 Å². The number of nitrogens with zero attached hydrogens (tertiary/aromatic N) is 2. The van der Waals surface area contributed by atoms with Gasteiger partial charge in [0.25, 0.3) is 11.8 Å². The van der Waals surface area contributed by atoms with Crippen molar-refractivity contribution in [2.75, 3.05) is 24.3 Å². The number of anilines is 3. The molecular formula is C24H20F3N5O2. The maximum Gasteiger partial charge on any atom is 0.416 e. The van der Waals surface area contributed by atoms with Crippen LogP contribution in [-0.4, -0.2) is 36.1 Å². The van der Waals surface area contributed by atoms with Gasteiger partial charge in [-0.25, -0.2) is 0 Å². The smallest absolute Gasteiger partial charge is 0.354 e. The van der Waals surface area contributed by atoms with Crippen molar-refractivity contribution in [2.24, 2.45) is 0 Å². The molecular weight excluding hydrogens is 447 g/mol. The number of rotatable bonds is 5. The summed E-state index contributed by atoms with van der Waals surface area (Å²) in [5.74, 6) is -0.918. The Morgan fingerprint density at radius 2 is 1.65 bits per heavy atom. The van der Waals surface area contributed by atoms with Gasteiger partial charge >= 0.3 is 6.18 Å². The largest absolute Gasteiger partial charge is 0.416 e. The number of halogens is 3. The molecule has 0 aliphatic carbocycles. The van der Waals surface area contributed by atoms with Crippen LogP contribution in [0.4, 0.5) is 30.2 Å². The summed E-state index contributed by atoms with van der Waals surface area (Å²) >= 11 is 0. The molecule has 0 bridgehead atoms. The first kappa shape index (κ1) is 22.8. The van der Waals surface area contributed by atoms with E-state index in [9.17, 15) is 22.8 Å². The van der Waals surface area contributed by atoms with E-state index in [0.717, 1.165) is 23.5 Å². The monoisotopic (exact) mass is 467 g/mol. The lowest BCUT2D eigenvalue weighted by molar-refractivity contribution is -0.137. The second kappa shape index (κ2) is 8.89. The van der Waals surface area contributed by atoms with Gasteiger partial charge in [-0.2, -0.15) is 18.3 Å². The van der Waals surface area contributed by atoms with E-state index < -0.39 is 17.6 Å². The Morgan fingerprint density at radius 1 is 0.941 bits per heavy atom. The summed E-state index contributed by atoms with van der Waals surface area (Å²) in [5, 5.41) is 12.8. The molecule has 3 aromatic carbocycles. The molecule has 0 unspecified atom stereocenters. The molecule has 1 aromatic heterocycles. The fourth-order valence-electron chi connectivity index (χ4n) is 3.47. The van der Waals surface area contributed by atoms with Crippen LogP contribution in [-0.2, 0) is 6.18 Å². The average Bonchev–Trinajstić information content (AvgIpc) is 3.26. The second-order valence-electron chi connectivity index (χ2n) is 7.52. The quantitative estimate of drug-likeness (QED) is 0.387. The van der Waals surface area contributed by atoms with Gasteiger partial charge in [0.15, 0.2) is 5.69 Å². The maximum absolute atomic E-state index is 12.9. The Balaban J connectivity index is 1.49. The summed E-state index contributed by atoms with van der Waals surface area (Å²) in [6.45, 7) is 0. The van der Waals surface area contributed by atoms with Crippen LogP contribution in [0.5, 0.6) is 0 Å². The molecule has 34 heavy (non-hydrogen) atoms. The summed E-state index contributed by atoms with van der Waals surface area (Å²) in [4.78, 5) is 26.2. The number of nitrogens with one attached hydrogen (secondary N) is 3. The number of aromatic amines is 1. The average molecular weight is 467 g/mol. The van der Waals surface area contributed by atoms with E-state index in [0.29, 0.717) is 22.3 Å². The van der Waals surface area contributed by atoms with E-state index >= 15 is 0 Å². The fourth-order valence-corrected chi connectivity index (χ4v) is 3.47. The third-order valence-corrected chi connectivity index (χ3v) is 5.34. The van der Waals surface area contributed by atoms with E-state index in [4.69, 9.17) is 0 Å². The van der Waals surface area contributed by atoms with Crippen LogP contribution in [0.25, 0.3) is 10.9 Å². The van der Waals surface area contributed by atoms with E-state index in [-0.39, 0.29) is 11.5 Å². The number of alkyl halides is 3. The van der Waals surface area contributed by atoms with Gasteiger partial charge in [0, 0.05) is 42.1 Å². The lowest BCUT2D eigenvalue weighted by atomic mass is 10.1. The lowest BCUT2D eigenvalue weighted by Crippen LogP contribution is -2.18. The van der Waals surface area contributed by atoms with Crippen LogP contribution in [0.3, 0.4) is 0 Å². The summed E-state index contributed by atoms with van der Waals surface area (Å²) in [6.07, 6.45) is -4.52. The molecule has 4 aromatic rings. The molecule has 2 amide bonds. The second-order valence-corrected chi connectivity index (χ2v) is 7.52. The topological polar surface area (TPSA) is 90.1 Å². The van der Waals surface area contributed by atoms with Crippen molar-refractivity contribution in [3.8, 4) is 0 Å². The van der Waals surface area contributed by atoms with Crippen molar-refractivity contribution in [2.45, 2.75) is 6.18 Å². The van der Waals surface area contributed by atoms with E-state index in [2.05, 4.69) is 20.8 Å². The van der Waals surface area contributed by atoms with Gasteiger partial charge in [0.1, 0.15) is 0 Å². The molecule has 0 atom stereocenters. The number of aromatic nitrogens is 2. The number of hydrogen-bond donors (Lipinski definition) is 3. The Hall–Kier alpha value is -4.34. The molecule has 0 saturated heterocycles. The van der Waals surface area contributed by atoms with Crippen molar-refractivity contribution in [3.05, 3.63) is 83.6 Å². The van der Waals surface area contributed by atoms with Crippen molar-refractivity contribution in [1.82, 2.24) is 15.5 Å². The number of fused-ring (bicyclic) bond motifs is 1. The zero-order valence-corrected chi connectivity index (χ0v) is 18.2. The van der Waals surface area contributed by atoms with Gasteiger partial charge in [-0.05, 0) is 60.7 Å². The highest BCUT2D eigenvalue weighted by Crippen LogP contribution is 2.30. The van der Waals surface area contributed by atoms with Crippen LogP contribution in [0.15, 0.2) is 66.7 Å². The summed E-state index contributed by atoms with van der Waals surface area (Å²) < 4.78 is 38.7. The van der Waals surface area contributed by atoms with Crippen LogP contribution in [0.1, 0.15) is 26.4 Å². The number of amides is 2. The standard InChI is InChI=1S/C24H20F3N5O2/c1-28-23(34)21-19-11-10-18(13-20(19)30-31-21)32(2)17-8-6-16(7-9-17)29-22(33)14-4-3-5-15(12-14)24(25,26)27/h3-13H,1-2H3,(H,28,34)(H,29,33)(H,30,31). The first-order valence-corrected chi connectivity index (χ1v) is 10.2. The predicted octanol–water partition coefficient (Wildman–Crippen LogP) is 4.96. The van der Waals surface area contributed by atoms with E-state index in [1.807, 2.05) is 24.1 Å². The third-order valence-electron chi connectivity index (χ3n) is 5.34. The number of carbonyl (C=O) groups is 2. The predicted molar refractivity (Wildman–Crippen MR) is 123 cm³/mol. The van der Waals surface area contributed by atoms with Gasteiger partial charge in [-0.15, -0.1) is 0 Å². The minimum Gasteiger partial charge on any atom is -0.354 e. The molecule has 3 N–H and O–H groups in total. The number of H-pyrrole nitrogens is 1. The van der Waals surface area contributed by atoms with Crippen molar-refractivity contribution in [3.63, 3.8) is 0 Å². The Kier molecular flexibility index (Phi) is 5.97. The molecule has 0 fully saturated rings. The zero-order valence-electron chi connectivity index (χ0n) is 18.2. The molecule has 0 aliphatic rings. The fraction of sp³-hybridized carbons (Fsp3) is 0.125. The third kappa shape index (κ3) is 4.56. The molecule has 10 heteroatoms. The highest BCUT2D eigenvalue weighted by molar-refractivity contribution is 6.05. The molecule has 0 saturated carbocycles. The SMILES string of the molecule is CNC(=O)c1n[nH]c2cc(N(C)c3ccc(NC(=O)c4cccc(C(F)(F)F)c4)cc3)ccc12. The van der Waals surface area contributed by atoms with Gasteiger partial charge < -0.3 is 15.5 Å². The molecule has 4 rings (SSSR count). The molecule has 0 spiro atoms. The van der Waals surface area contributed by atoms with Gasteiger partial charge in [0.2, 0.25) is 0 Å². The zero-order chi connectivity index (χ0) is 24.5. The number of hydrogen-bond acceptors (Lipinski definition) is 4. The number of benzene rings is 3. The van der Waals surface area contributed by atoms with Crippen molar-refractivity contribution < 1.29 is 22.8 Å². The minimum absolute atomic E-state index is 0.0833. The molecule has 1 heterocycles. The van der Waals surface area contributed by atoms with Crippen LogP contribution >= 0.6 is 0 Å². The van der Waals surface area contributed by atoms with Crippen LogP contribution in [0.2, 0.25) is 0 Å². The Morgan fingerprint density at radius 3 is 2.32 bits per heavy atom. The Labute approximate surface area is 192 Å². The summed E-state index contributed by atoms with van der Waals surface area (Å²) in [7, 11) is 3.39. The van der Waals surface area contributed by atoms with Gasteiger partial charge in [-0.3, -0.25) is 14.7 Å². The lowest BCUT2D eigenvalue weighted by Gasteiger charge is -2.20. The molecule has 0 aliphatic heterocycles. The number of carbonyl (C=O) groups excluding carboxylic acids is 2. The summed E-state index contributed by atoms with van der Waals surface area (Å²) in [5.41, 5.74) is 2.14. The van der Waals surface area contributed by atoms with Crippen LogP contribution < -0.4 is 15.5 Å². The van der Waals surface area contributed by atoms with Crippen molar-refractivity contribution in [1.29, 1.82) is 0 Å². The molecule has 0 radical (unpaired) electrons. The first-order valence-electron chi connectivity index (χ1n) is 10.2.